The molecule has 4 aliphatic carbocycles. The molecular formula is C42H60O9. The Bertz CT molecular complexity index is 1530. The van der Waals surface area contributed by atoms with Crippen molar-refractivity contribution in [3.05, 3.63) is 47.5 Å². The molecule has 9 nitrogen and oxygen atoms in total. The Hall–Kier alpha value is -2.75. The lowest BCUT2D eigenvalue weighted by atomic mass is 9.36. The molecule has 282 valence electrons. The Morgan fingerprint density at radius 2 is 1.49 bits per heavy atom. The average molecular weight is 709 g/mol. The van der Waals surface area contributed by atoms with E-state index in [1.165, 1.54) is 19.4 Å². The molecular weight excluding hydrogens is 648 g/mol. The van der Waals surface area contributed by atoms with E-state index in [2.05, 4.69) is 40.7 Å². The molecule has 51 heavy (non-hydrogen) atoms. The van der Waals surface area contributed by atoms with Gasteiger partial charge < -0.3 is 28.8 Å². The van der Waals surface area contributed by atoms with Crippen LogP contribution in [-0.2, 0) is 33.3 Å². The first-order valence-corrected chi connectivity index (χ1v) is 19.0. The maximum absolute atomic E-state index is 13.4. The van der Waals surface area contributed by atoms with Crippen molar-refractivity contribution in [1.29, 1.82) is 0 Å². The lowest BCUT2D eigenvalue weighted by Crippen LogP contribution is -2.70. The molecule has 1 aromatic rings. The number of carbonyl (C=O) groups excluding carboxylic acids is 3. The summed E-state index contributed by atoms with van der Waals surface area (Å²) >= 11 is 0. The number of hydrogen-bond acceptors (Lipinski definition) is 9. The monoisotopic (exact) mass is 708 g/mol. The number of hydrogen-bond donors (Lipinski definition) is 1. The van der Waals surface area contributed by atoms with Gasteiger partial charge in [0.15, 0.2) is 5.79 Å². The highest BCUT2D eigenvalue weighted by Gasteiger charge is 2.73. The zero-order valence-corrected chi connectivity index (χ0v) is 32.4. The summed E-state index contributed by atoms with van der Waals surface area (Å²) in [5, 5.41) is 10.9. The van der Waals surface area contributed by atoms with Gasteiger partial charge in [0.1, 0.15) is 23.9 Å². The second-order valence-corrected chi connectivity index (χ2v) is 18.0. The van der Waals surface area contributed by atoms with Gasteiger partial charge in [0, 0.05) is 50.0 Å². The van der Waals surface area contributed by atoms with Crippen molar-refractivity contribution in [2.75, 3.05) is 13.7 Å². The van der Waals surface area contributed by atoms with E-state index >= 15 is 0 Å². The molecule has 0 bridgehead atoms. The van der Waals surface area contributed by atoms with Crippen LogP contribution in [0.4, 0.5) is 0 Å². The largest absolute Gasteiger partial charge is 0.462 e. The van der Waals surface area contributed by atoms with E-state index in [1.54, 1.807) is 33.1 Å². The maximum atomic E-state index is 13.4. The maximum Gasteiger partial charge on any atom is 0.338 e. The number of rotatable bonds is 7. The summed E-state index contributed by atoms with van der Waals surface area (Å²) < 4.78 is 31.2. The zero-order chi connectivity index (χ0) is 37.4. The van der Waals surface area contributed by atoms with Gasteiger partial charge in [-0.1, -0.05) is 64.5 Å². The molecule has 1 N–H and O–H groups in total. The van der Waals surface area contributed by atoms with E-state index in [-0.39, 0.29) is 35.1 Å². The molecule has 0 radical (unpaired) electrons. The summed E-state index contributed by atoms with van der Waals surface area (Å²) in [5.74, 6) is -1.57. The van der Waals surface area contributed by atoms with Crippen LogP contribution in [0.3, 0.4) is 0 Å². The van der Waals surface area contributed by atoms with Crippen LogP contribution in [0, 0.1) is 45.3 Å². The van der Waals surface area contributed by atoms with Crippen molar-refractivity contribution >= 4 is 17.9 Å². The second-order valence-electron chi connectivity index (χ2n) is 18.0. The molecule has 1 aromatic carbocycles. The number of methoxy groups -OCH3 is 1. The minimum absolute atomic E-state index is 0.0273. The molecule has 0 spiro atoms. The fourth-order valence-corrected chi connectivity index (χ4v) is 12.3. The zero-order valence-electron chi connectivity index (χ0n) is 32.4. The minimum Gasteiger partial charge on any atom is -0.462 e. The molecule has 1 heterocycles. The van der Waals surface area contributed by atoms with Crippen molar-refractivity contribution in [3.63, 3.8) is 0 Å². The summed E-state index contributed by atoms with van der Waals surface area (Å²) in [5.41, 5.74) is -1.00. The fourth-order valence-electron chi connectivity index (χ4n) is 12.3. The van der Waals surface area contributed by atoms with E-state index < -0.39 is 51.9 Å². The van der Waals surface area contributed by atoms with Crippen LogP contribution in [0.1, 0.15) is 118 Å². The minimum atomic E-state index is -1.14. The highest BCUT2D eigenvalue weighted by atomic mass is 16.7. The van der Waals surface area contributed by atoms with Crippen LogP contribution >= 0.6 is 0 Å². The third kappa shape index (κ3) is 5.88. The van der Waals surface area contributed by atoms with Crippen LogP contribution in [0.2, 0.25) is 0 Å². The van der Waals surface area contributed by atoms with Gasteiger partial charge in [-0.25, -0.2) is 4.79 Å². The lowest BCUT2D eigenvalue weighted by molar-refractivity contribution is -0.326. The molecule has 6 rings (SSSR count). The first-order chi connectivity index (χ1) is 23.8. The number of fused-ring (bicyclic) bond motifs is 5. The van der Waals surface area contributed by atoms with Crippen LogP contribution in [0.5, 0.6) is 0 Å². The van der Waals surface area contributed by atoms with Gasteiger partial charge in [-0.3, -0.25) is 9.59 Å². The Morgan fingerprint density at radius 1 is 0.843 bits per heavy atom. The van der Waals surface area contributed by atoms with Gasteiger partial charge in [-0.15, -0.1) is 0 Å². The fraction of sp³-hybridized carbons (Fsp3) is 0.738. The Balaban J connectivity index is 1.36. The first-order valence-electron chi connectivity index (χ1n) is 19.0. The van der Waals surface area contributed by atoms with Gasteiger partial charge in [-0.05, 0) is 87.2 Å². The third-order valence-electron chi connectivity index (χ3n) is 14.8. The van der Waals surface area contributed by atoms with Crippen molar-refractivity contribution in [3.8, 4) is 0 Å². The van der Waals surface area contributed by atoms with Gasteiger partial charge in [0.05, 0.1) is 12.2 Å². The molecule has 0 amide bonds. The SMILES string of the molecule is CO[C@]1(C(C)(C)O)CC[C@@H](C2CC=C3[C@@]4(C)C(CC[C@]32C)[C@]2(C)C(C[C@H]4OC(C)=O)C(C)(C)[C@H](OC(=O)c3ccccc3)C[C@@H]2OC(C)=O)CO1. The van der Waals surface area contributed by atoms with Crippen LogP contribution < -0.4 is 0 Å². The van der Waals surface area contributed by atoms with Gasteiger partial charge in [-0.2, -0.15) is 0 Å². The molecule has 11 atom stereocenters. The normalized spacial score (nSPS) is 41.6. The van der Waals surface area contributed by atoms with Crippen LogP contribution in [0.15, 0.2) is 42.0 Å². The summed E-state index contributed by atoms with van der Waals surface area (Å²) in [4.78, 5) is 39.2. The third-order valence-corrected chi connectivity index (χ3v) is 14.8. The number of aliphatic hydroxyl groups is 1. The quantitative estimate of drug-likeness (QED) is 0.175. The summed E-state index contributed by atoms with van der Waals surface area (Å²) in [6.07, 6.45) is 6.12. The van der Waals surface area contributed by atoms with Crippen molar-refractivity contribution in [2.45, 2.75) is 137 Å². The molecule has 4 fully saturated rings. The second kappa shape index (κ2) is 13.0. The van der Waals surface area contributed by atoms with Gasteiger partial charge >= 0.3 is 17.9 Å². The Kier molecular flexibility index (Phi) is 9.67. The summed E-state index contributed by atoms with van der Waals surface area (Å²) in [6.45, 7) is 18.2. The highest BCUT2D eigenvalue weighted by molar-refractivity contribution is 5.89. The van der Waals surface area contributed by atoms with Crippen molar-refractivity contribution < 1.29 is 43.2 Å². The van der Waals surface area contributed by atoms with E-state index in [0.29, 0.717) is 37.4 Å². The number of allylic oxidation sites excluding steroid dienone is 1. The standard InChI is InChI=1S/C42H60O9/c1-25(43)49-34-22-32-37(3,4)33(51-36(45)27-14-12-11-13-15-27)23-35(50-26(2)44)41(32,9)31-19-20-39(7)29(16-17-30(39)40(31,34)8)28-18-21-42(47-10,48-24-28)38(5,6)46/h11-15,17,28-29,31-35,46H,16,18-24H2,1-10H3/t28-,29?,31?,32?,33-,34-,35+,39+,40+,41-,42-/m1/s1. The first kappa shape index (κ1) is 38.0. The number of ether oxygens (including phenoxy) is 5. The van der Waals surface area contributed by atoms with E-state index in [1.807, 2.05) is 18.2 Å². The van der Waals surface area contributed by atoms with E-state index in [4.69, 9.17) is 23.7 Å². The molecule has 1 aliphatic heterocycles. The topological polar surface area (TPSA) is 118 Å². The van der Waals surface area contributed by atoms with E-state index in [0.717, 1.165) is 25.7 Å². The smallest absolute Gasteiger partial charge is 0.338 e. The Morgan fingerprint density at radius 3 is 2.06 bits per heavy atom. The summed E-state index contributed by atoms with van der Waals surface area (Å²) in [6, 6.07) is 8.99. The predicted molar refractivity (Wildman–Crippen MR) is 191 cm³/mol. The van der Waals surface area contributed by atoms with Gasteiger partial charge in [0.2, 0.25) is 0 Å². The molecule has 9 heteroatoms. The highest BCUT2D eigenvalue weighted by Crippen LogP contribution is 2.74. The molecule has 3 unspecified atom stereocenters. The summed E-state index contributed by atoms with van der Waals surface area (Å²) in [7, 11) is 1.61. The molecule has 0 aromatic heterocycles. The van der Waals surface area contributed by atoms with Crippen molar-refractivity contribution in [2.24, 2.45) is 45.3 Å². The van der Waals surface area contributed by atoms with Crippen LogP contribution in [0.25, 0.3) is 0 Å². The lowest BCUT2D eigenvalue weighted by Gasteiger charge is -2.70. The number of carbonyl (C=O) groups is 3. The molecule has 1 saturated heterocycles. The number of benzene rings is 1. The van der Waals surface area contributed by atoms with Gasteiger partial charge in [0.25, 0.3) is 0 Å². The average Bonchev–Trinajstić information content (AvgIpc) is 3.42. The Labute approximate surface area is 304 Å². The molecule has 3 saturated carbocycles. The van der Waals surface area contributed by atoms with E-state index in [9.17, 15) is 19.5 Å². The predicted octanol–water partition coefficient (Wildman–Crippen LogP) is 7.44. The van der Waals surface area contributed by atoms with Crippen molar-refractivity contribution in [1.82, 2.24) is 0 Å². The van der Waals surface area contributed by atoms with Crippen LogP contribution in [-0.4, -0.2) is 66.4 Å². The molecule has 5 aliphatic rings. The number of esters is 3.